The van der Waals surface area contributed by atoms with Gasteiger partial charge in [0.15, 0.2) is 0 Å². The molecule has 0 saturated carbocycles. The second-order valence-corrected chi connectivity index (χ2v) is 6.27. The van der Waals surface area contributed by atoms with Crippen LogP contribution in [0.15, 0.2) is 30.3 Å². The number of benzene rings is 1. The Labute approximate surface area is 115 Å². The molecule has 3 rings (SSSR count). The highest BCUT2D eigenvalue weighted by molar-refractivity contribution is 7.16. The Balaban J connectivity index is 1.92. The van der Waals surface area contributed by atoms with Crippen molar-refractivity contribution in [1.82, 2.24) is 0 Å². The van der Waals surface area contributed by atoms with Gasteiger partial charge in [0.1, 0.15) is 5.75 Å². The molecule has 0 spiro atoms. The molecule has 1 aromatic heterocycles. The zero-order valence-electron chi connectivity index (χ0n) is 10.0. The molecule has 0 amide bonds. The van der Waals surface area contributed by atoms with Gasteiger partial charge in [-0.05, 0) is 24.6 Å². The molecule has 0 fully saturated rings. The largest absolute Gasteiger partial charge is 0.493 e. The molecule has 4 heteroatoms. The lowest BCUT2D eigenvalue weighted by molar-refractivity contribution is 0.316. The van der Waals surface area contributed by atoms with Crippen molar-refractivity contribution in [3.63, 3.8) is 0 Å². The molecule has 0 bridgehead atoms. The maximum Gasteiger partial charge on any atom is 0.122 e. The van der Waals surface area contributed by atoms with E-state index in [-0.39, 0.29) is 12.0 Å². The highest BCUT2D eigenvalue weighted by Crippen LogP contribution is 2.42. The summed E-state index contributed by atoms with van der Waals surface area (Å²) in [6.45, 7) is 2.66. The van der Waals surface area contributed by atoms with Crippen LogP contribution in [0.1, 0.15) is 28.0 Å². The molecule has 2 heterocycles. The third-order valence-corrected chi connectivity index (χ3v) is 5.03. The minimum Gasteiger partial charge on any atom is -0.493 e. The van der Waals surface area contributed by atoms with Gasteiger partial charge in [0.05, 0.1) is 10.9 Å². The second-order valence-electron chi connectivity index (χ2n) is 4.59. The van der Waals surface area contributed by atoms with Crippen molar-refractivity contribution in [2.75, 3.05) is 6.61 Å². The van der Waals surface area contributed by atoms with Crippen molar-refractivity contribution in [2.45, 2.75) is 18.9 Å². The van der Waals surface area contributed by atoms with Gasteiger partial charge in [-0.25, -0.2) is 0 Å². The summed E-state index contributed by atoms with van der Waals surface area (Å²) in [4.78, 5) is 1.13. The zero-order chi connectivity index (χ0) is 12.7. The second kappa shape index (κ2) is 4.57. The molecular weight excluding hydrogens is 266 g/mol. The number of halogens is 1. The Morgan fingerprint density at radius 3 is 2.94 bits per heavy atom. The lowest BCUT2D eigenvalue weighted by Crippen LogP contribution is -2.19. The van der Waals surface area contributed by atoms with Gasteiger partial charge in [-0.15, -0.1) is 11.3 Å². The smallest absolute Gasteiger partial charge is 0.122 e. The number of aryl methyl sites for hydroxylation is 1. The molecule has 1 aliphatic rings. The van der Waals surface area contributed by atoms with Gasteiger partial charge in [-0.3, -0.25) is 0 Å². The topological polar surface area (TPSA) is 35.2 Å². The molecule has 0 aliphatic carbocycles. The van der Waals surface area contributed by atoms with E-state index >= 15 is 0 Å². The minimum atomic E-state index is -0.0511. The quantitative estimate of drug-likeness (QED) is 0.905. The van der Waals surface area contributed by atoms with Crippen molar-refractivity contribution < 1.29 is 4.74 Å². The molecule has 2 unspecified atom stereocenters. The van der Waals surface area contributed by atoms with Gasteiger partial charge >= 0.3 is 0 Å². The molecule has 94 valence electrons. The predicted octanol–water partition coefficient (Wildman–Crippen LogP) is 3.89. The first-order chi connectivity index (χ1) is 8.66. The lowest BCUT2D eigenvalue weighted by Gasteiger charge is -2.16. The van der Waals surface area contributed by atoms with E-state index in [0.29, 0.717) is 6.61 Å². The molecule has 2 N–H and O–H groups in total. The SMILES string of the molecule is Cc1cc(C(N)C2COc3ccccc32)sc1Cl. The Bertz CT molecular complexity index is 561. The van der Waals surface area contributed by atoms with E-state index in [4.69, 9.17) is 22.1 Å². The van der Waals surface area contributed by atoms with Gasteiger partial charge < -0.3 is 10.5 Å². The number of ether oxygens (including phenoxy) is 1. The Kier molecular flexibility index (Phi) is 3.06. The van der Waals surface area contributed by atoms with E-state index in [0.717, 1.165) is 20.5 Å². The van der Waals surface area contributed by atoms with Gasteiger partial charge in [0.2, 0.25) is 0 Å². The van der Waals surface area contributed by atoms with Crippen LogP contribution in [0.25, 0.3) is 0 Å². The average Bonchev–Trinajstić information content (AvgIpc) is 2.93. The number of para-hydroxylation sites is 1. The summed E-state index contributed by atoms with van der Waals surface area (Å²) in [6, 6.07) is 10.1. The van der Waals surface area contributed by atoms with Crippen LogP contribution in [0.2, 0.25) is 4.34 Å². The summed E-state index contributed by atoms with van der Waals surface area (Å²) in [5, 5.41) is 0. The fourth-order valence-corrected chi connectivity index (χ4v) is 3.62. The van der Waals surface area contributed by atoms with Crippen LogP contribution >= 0.6 is 22.9 Å². The predicted molar refractivity (Wildman–Crippen MR) is 75.7 cm³/mol. The lowest BCUT2D eigenvalue weighted by atomic mass is 9.93. The van der Waals surface area contributed by atoms with Crippen molar-refractivity contribution in [1.29, 1.82) is 0 Å². The normalized spacial score (nSPS) is 19.4. The highest BCUT2D eigenvalue weighted by Gasteiger charge is 2.30. The molecule has 1 aliphatic heterocycles. The van der Waals surface area contributed by atoms with E-state index in [9.17, 15) is 0 Å². The van der Waals surface area contributed by atoms with Crippen LogP contribution in [-0.4, -0.2) is 6.61 Å². The van der Waals surface area contributed by atoms with Gasteiger partial charge in [-0.1, -0.05) is 29.8 Å². The van der Waals surface area contributed by atoms with Crippen molar-refractivity contribution in [3.8, 4) is 5.75 Å². The molecule has 18 heavy (non-hydrogen) atoms. The molecule has 2 aromatic rings. The van der Waals surface area contributed by atoms with Crippen LogP contribution in [0.5, 0.6) is 5.75 Å². The third kappa shape index (κ3) is 1.92. The van der Waals surface area contributed by atoms with Gasteiger partial charge in [0.25, 0.3) is 0 Å². The number of nitrogens with two attached hydrogens (primary N) is 1. The van der Waals surface area contributed by atoms with Crippen LogP contribution < -0.4 is 10.5 Å². The first kappa shape index (κ1) is 12.0. The maximum absolute atomic E-state index is 6.37. The van der Waals surface area contributed by atoms with E-state index in [1.54, 1.807) is 11.3 Å². The molecule has 0 radical (unpaired) electrons. The Hall–Kier alpha value is -1.03. The first-order valence-electron chi connectivity index (χ1n) is 5.90. The monoisotopic (exact) mass is 279 g/mol. The number of rotatable bonds is 2. The minimum absolute atomic E-state index is 0.0511. The summed E-state index contributed by atoms with van der Waals surface area (Å²) in [7, 11) is 0. The number of hydrogen-bond acceptors (Lipinski definition) is 3. The van der Waals surface area contributed by atoms with Crippen LogP contribution in [0.4, 0.5) is 0 Å². The fraction of sp³-hybridized carbons (Fsp3) is 0.286. The molecule has 2 nitrogen and oxygen atoms in total. The number of thiophene rings is 1. The summed E-state index contributed by atoms with van der Waals surface area (Å²) in [5.74, 6) is 1.17. The van der Waals surface area contributed by atoms with E-state index in [1.807, 2.05) is 25.1 Å². The maximum atomic E-state index is 6.37. The van der Waals surface area contributed by atoms with E-state index < -0.39 is 0 Å². The third-order valence-electron chi connectivity index (χ3n) is 3.38. The molecule has 1 aromatic carbocycles. The summed E-state index contributed by atoms with van der Waals surface area (Å²) in [5.41, 5.74) is 8.67. The van der Waals surface area contributed by atoms with Crippen LogP contribution in [0, 0.1) is 6.92 Å². The fourth-order valence-electron chi connectivity index (χ4n) is 2.33. The van der Waals surface area contributed by atoms with Crippen LogP contribution in [-0.2, 0) is 0 Å². The van der Waals surface area contributed by atoms with E-state index in [1.165, 1.54) is 5.56 Å². The molecule has 0 saturated heterocycles. The highest BCUT2D eigenvalue weighted by atomic mass is 35.5. The van der Waals surface area contributed by atoms with Gasteiger partial charge in [0, 0.05) is 22.4 Å². The Morgan fingerprint density at radius 1 is 1.44 bits per heavy atom. The van der Waals surface area contributed by atoms with Crippen molar-refractivity contribution >= 4 is 22.9 Å². The average molecular weight is 280 g/mol. The zero-order valence-corrected chi connectivity index (χ0v) is 11.6. The van der Waals surface area contributed by atoms with Crippen molar-refractivity contribution in [3.05, 3.63) is 50.7 Å². The first-order valence-corrected chi connectivity index (χ1v) is 7.09. The Morgan fingerprint density at radius 2 is 2.22 bits per heavy atom. The van der Waals surface area contributed by atoms with Gasteiger partial charge in [-0.2, -0.15) is 0 Å². The molecule has 2 atom stereocenters. The summed E-state index contributed by atoms with van der Waals surface area (Å²) < 4.78 is 6.51. The molecular formula is C14H14ClNOS. The number of fused-ring (bicyclic) bond motifs is 1. The van der Waals surface area contributed by atoms with E-state index in [2.05, 4.69) is 12.1 Å². The van der Waals surface area contributed by atoms with Crippen molar-refractivity contribution in [2.24, 2.45) is 5.73 Å². The van der Waals surface area contributed by atoms with Crippen LogP contribution in [0.3, 0.4) is 0 Å². The standard InChI is InChI=1S/C14H14ClNOS/c1-8-6-12(18-14(8)15)13(16)10-7-17-11-5-3-2-4-9(10)11/h2-6,10,13H,7,16H2,1H3. The summed E-state index contributed by atoms with van der Waals surface area (Å²) in [6.07, 6.45) is 0. The number of hydrogen-bond donors (Lipinski definition) is 1. The summed E-state index contributed by atoms with van der Waals surface area (Å²) >= 11 is 7.68.